The molecule has 0 aliphatic carbocycles. The Morgan fingerprint density at radius 2 is 1.86 bits per heavy atom. The first-order valence-corrected chi connectivity index (χ1v) is 12.1. The minimum Gasteiger partial charge on any atom is -0.496 e. The molecule has 7 nitrogen and oxygen atoms in total. The van der Waals surface area contributed by atoms with Crippen LogP contribution < -0.4 is 15.7 Å². The highest BCUT2D eigenvalue weighted by molar-refractivity contribution is 5.82. The summed E-state index contributed by atoms with van der Waals surface area (Å²) in [5.41, 5.74) is 2.58. The second kappa shape index (κ2) is 7.72. The van der Waals surface area contributed by atoms with Crippen LogP contribution in [0.1, 0.15) is 38.8 Å². The van der Waals surface area contributed by atoms with Crippen LogP contribution in [0.2, 0.25) is 0 Å². The Morgan fingerprint density at radius 3 is 2.67 bits per heavy atom. The van der Waals surface area contributed by atoms with E-state index in [0.717, 1.165) is 33.5 Å². The predicted molar refractivity (Wildman–Crippen MR) is 137 cm³/mol. The summed E-state index contributed by atoms with van der Waals surface area (Å²) in [4.78, 5) is 11.7. The van der Waals surface area contributed by atoms with E-state index in [1.807, 2.05) is 70.2 Å². The van der Waals surface area contributed by atoms with Crippen molar-refractivity contribution in [3.8, 4) is 5.75 Å². The minimum atomic E-state index is -1.21. The lowest BCUT2D eigenvalue weighted by Gasteiger charge is -2.41. The van der Waals surface area contributed by atoms with Crippen molar-refractivity contribution in [2.24, 2.45) is 0 Å². The fraction of sp³-hybridized carbons (Fsp3) is 0.345. The number of benzene rings is 2. The van der Waals surface area contributed by atoms with Crippen molar-refractivity contribution in [2.45, 2.75) is 57.3 Å². The second-order valence-electron chi connectivity index (χ2n) is 10.5. The molecule has 2 aromatic carbocycles. The van der Waals surface area contributed by atoms with Gasteiger partial charge < -0.3 is 28.7 Å². The summed E-state index contributed by atoms with van der Waals surface area (Å²) in [6.45, 7) is 8.11. The topological polar surface area (TPSA) is 79.2 Å². The quantitative estimate of drug-likeness (QED) is 0.496. The SMILES string of the molecule is COc1cc2oc(=O)ccc2cc1CC1OC2(Nc3ccccc3C3=C2C=CC(C)(C)O3)OC1(C)C. The molecule has 1 aromatic heterocycles. The van der Waals surface area contributed by atoms with Crippen LogP contribution in [-0.2, 0) is 20.6 Å². The minimum absolute atomic E-state index is 0.325. The molecule has 0 bridgehead atoms. The first-order valence-electron chi connectivity index (χ1n) is 12.1. The van der Waals surface area contributed by atoms with E-state index in [-0.39, 0.29) is 6.10 Å². The lowest BCUT2D eigenvalue weighted by Crippen LogP contribution is -2.47. The largest absolute Gasteiger partial charge is 0.496 e. The van der Waals surface area contributed by atoms with Crippen LogP contribution in [0.4, 0.5) is 5.69 Å². The number of ether oxygens (including phenoxy) is 4. The summed E-state index contributed by atoms with van der Waals surface area (Å²) in [6.07, 6.45) is 4.26. The van der Waals surface area contributed by atoms with Gasteiger partial charge in [0.2, 0.25) is 0 Å². The van der Waals surface area contributed by atoms with E-state index in [1.165, 1.54) is 6.07 Å². The lowest BCUT2D eigenvalue weighted by atomic mass is 9.93. The van der Waals surface area contributed by atoms with E-state index in [2.05, 4.69) is 5.32 Å². The van der Waals surface area contributed by atoms with Crippen molar-refractivity contribution in [1.29, 1.82) is 0 Å². The average molecular weight is 488 g/mol. The number of para-hydroxylation sites is 1. The fourth-order valence-electron chi connectivity index (χ4n) is 5.16. The van der Waals surface area contributed by atoms with E-state index in [9.17, 15) is 4.79 Å². The van der Waals surface area contributed by atoms with Crippen LogP contribution in [-0.4, -0.2) is 30.3 Å². The fourth-order valence-corrected chi connectivity index (χ4v) is 5.16. The summed E-state index contributed by atoms with van der Waals surface area (Å²) in [7, 11) is 1.60. The van der Waals surface area contributed by atoms with Gasteiger partial charge in [-0.2, -0.15) is 0 Å². The molecule has 1 saturated heterocycles. The Hall–Kier alpha value is -3.55. The third-order valence-electron chi connectivity index (χ3n) is 7.00. The maximum atomic E-state index is 11.7. The van der Waals surface area contributed by atoms with Gasteiger partial charge in [-0.3, -0.25) is 0 Å². The molecule has 3 aromatic rings. The van der Waals surface area contributed by atoms with Gasteiger partial charge in [-0.25, -0.2) is 4.79 Å². The summed E-state index contributed by atoms with van der Waals surface area (Å²) in [5.74, 6) is 0.176. The van der Waals surface area contributed by atoms with Gasteiger partial charge in [0.05, 0.1) is 24.4 Å². The molecule has 7 heteroatoms. The Morgan fingerprint density at radius 1 is 1.06 bits per heavy atom. The molecule has 1 N–H and O–H groups in total. The van der Waals surface area contributed by atoms with Crippen LogP contribution in [0.3, 0.4) is 0 Å². The summed E-state index contributed by atoms with van der Waals surface area (Å²) in [6, 6.07) is 14.9. The normalized spacial score (nSPS) is 25.3. The maximum Gasteiger partial charge on any atom is 0.336 e. The highest BCUT2D eigenvalue weighted by atomic mass is 16.8. The van der Waals surface area contributed by atoms with Gasteiger partial charge in [0.15, 0.2) is 0 Å². The summed E-state index contributed by atoms with van der Waals surface area (Å²) < 4.78 is 30.9. The molecule has 4 heterocycles. The molecule has 6 rings (SSSR count). The number of rotatable bonds is 3. The van der Waals surface area contributed by atoms with Crippen LogP contribution in [0.25, 0.3) is 16.7 Å². The smallest absolute Gasteiger partial charge is 0.336 e. The van der Waals surface area contributed by atoms with E-state index in [4.69, 9.17) is 23.4 Å². The Balaban J connectivity index is 1.41. The third kappa shape index (κ3) is 3.62. The van der Waals surface area contributed by atoms with Crippen LogP contribution in [0.15, 0.2) is 75.5 Å². The Kier molecular flexibility index (Phi) is 4.91. The summed E-state index contributed by atoms with van der Waals surface area (Å²) in [5, 5.41) is 4.34. The molecule has 1 fully saturated rings. The zero-order valence-electron chi connectivity index (χ0n) is 21.0. The van der Waals surface area contributed by atoms with Gasteiger partial charge >= 0.3 is 5.63 Å². The van der Waals surface area contributed by atoms with Gasteiger partial charge in [-0.05, 0) is 69.7 Å². The molecule has 3 aliphatic heterocycles. The number of nitrogens with one attached hydrogen (secondary N) is 1. The highest BCUT2D eigenvalue weighted by Gasteiger charge is 2.57. The van der Waals surface area contributed by atoms with Crippen molar-refractivity contribution < 1.29 is 23.4 Å². The first-order chi connectivity index (χ1) is 17.1. The Labute approximate surface area is 209 Å². The van der Waals surface area contributed by atoms with Crippen LogP contribution >= 0.6 is 0 Å². The third-order valence-corrected chi connectivity index (χ3v) is 7.00. The van der Waals surface area contributed by atoms with Crippen molar-refractivity contribution in [3.05, 3.63) is 87.8 Å². The number of hydrogen-bond acceptors (Lipinski definition) is 7. The number of anilines is 1. The zero-order chi connectivity index (χ0) is 25.3. The molecule has 36 heavy (non-hydrogen) atoms. The number of methoxy groups -OCH3 is 1. The standard InChI is InChI=1S/C29H29NO6/c1-27(2)13-12-20-26(35-27)19-8-6-7-9-21(19)30-29(20)34-24(28(3,4)36-29)15-18-14-17-10-11-25(31)33-23(17)16-22(18)32-5/h6-14,16,24,30H,15H2,1-5H3. The van der Waals surface area contributed by atoms with Gasteiger partial charge in [-0.1, -0.05) is 12.1 Å². The monoisotopic (exact) mass is 487 g/mol. The van der Waals surface area contributed by atoms with Crippen molar-refractivity contribution in [3.63, 3.8) is 0 Å². The highest BCUT2D eigenvalue weighted by Crippen LogP contribution is 2.51. The molecule has 2 atom stereocenters. The lowest BCUT2D eigenvalue weighted by molar-refractivity contribution is -0.135. The molecular formula is C29H29NO6. The van der Waals surface area contributed by atoms with Crippen LogP contribution in [0, 0.1) is 0 Å². The predicted octanol–water partition coefficient (Wildman–Crippen LogP) is 5.39. The van der Waals surface area contributed by atoms with Crippen molar-refractivity contribution >= 4 is 22.4 Å². The zero-order valence-corrected chi connectivity index (χ0v) is 21.0. The van der Waals surface area contributed by atoms with Gasteiger partial charge in [0, 0.05) is 35.2 Å². The molecular weight excluding hydrogens is 458 g/mol. The van der Waals surface area contributed by atoms with E-state index >= 15 is 0 Å². The van der Waals surface area contributed by atoms with Crippen LogP contribution in [0.5, 0.6) is 5.75 Å². The van der Waals surface area contributed by atoms with Gasteiger partial charge in [0.1, 0.15) is 22.7 Å². The maximum absolute atomic E-state index is 11.7. The van der Waals surface area contributed by atoms with Crippen molar-refractivity contribution in [2.75, 3.05) is 12.4 Å². The first kappa shape index (κ1) is 22.9. The average Bonchev–Trinajstić information content (AvgIpc) is 3.07. The van der Waals surface area contributed by atoms with Gasteiger partial charge in [-0.15, -0.1) is 0 Å². The molecule has 0 saturated carbocycles. The van der Waals surface area contributed by atoms with E-state index in [0.29, 0.717) is 17.8 Å². The molecule has 1 spiro atoms. The summed E-state index contributed by atoms with van der Waals surface area (Å²) >= 11 is 0. The van der Waals surface area contributed by atoms with E-state index in [1.54, 1.807) is 19.2 Å². The number of fused-ring (bicyclic) bond motifs is 4. The van der Waals surface area contributed by atoms with E-state index < -0.39 is 22.7 Å². The van der Waals surface area contributed by atoms with Crippen molar-refractivity contribution in [1.82, 2.24) is 0 Å². The second-order valence-corrected chi connectivity index (χ2v) is 10.5. The molecule has 0 radical (unpaired) electrons. The van der Waals surface area contributed by atoms with Gasteiger partial charge in [0.25, 0.3) is 5.91 Å². The molecule has 186 valence electrons. The Bertz CT molecular complexity index is 1500. The molecule has 0 amide bonds. The molecule has 2 unspecified atom stereocenters. The molecule has 3 aliphatic rings. The number of hydrogen-bond donors (Lipinski definition) is 1.